The van der Waals surface area contributed by atoms with E-state index >= 15 is 0 Å². The zero-order chi connectivity index (χ0) is 18.1. The monoisotopic (exact) mass is 346 g/mol. The number of hydrogen-bond acceptors (Lipinski definition) is 2. The third-order valence-corrected chi connectivity index (χ3v) is 3.34. The average Bonchev–Trinajstić information content (AvgIpc) is 2.58. The maximum absolute atomic E-state index is 13.1. The molecule has 132 valence electrons. The van der Waals surface area contributed by atoms with E-state index in [9.17, 15) is 13.6 Å². The number of amides is 1. The minimum Gasteiger partial charge on any atom is -0.356 e. The van der Waals surface area contributed by atoms with E-state index in [4.69, 9.17) is 0 Å². The van der Waals surface area contributed by atoms with Crippen LogP contribution in [0.3, 0.4) is 0 Å². The molecule has 0 aliphatic heterocycles. The molecular formula is C18H20F2N4O. The second kappa shape index (κ2) is 9.36. The number of guanidine groups is 1. The summed E-state index contributed by atoms with van der Waals surface area (Å²) in [5.74, 6) is -0.556. The SMILES string of the molecule is CN=C(NCCc1cccc(F)c1)NCC(=O)Nc1cccc(F)c1. The van der Waals surface area contributed by atoms with Crippen molar-refractivity contribution in [1.82, 2.24) is 10.6 Å². The second-order valence-corrected chi connectivity index (χ2v) is 5.29. The van der Waals surface area contributed by atoms with Gasteiger partial charge in [0.15, 0.2) is 5.96 Å². The molecule has 0 saturated heterocycles. The van der Waals surface area contributed by atoms with Crippen LogP contribution >= 0.6 is 0 Å². The van der Waals surface area contributed by atoms with Gasteiger partial charge in [0.05, 0.1) is 6.54 Å². The van der Waals surface area contributed by atoms with Crippen LogP contribution in [0, 0.1) is 11.6 Å². The van der Waals surface area contributed by atoms with Gasteiger partial charge in [-0.2, -0.15) is 0 Å². The smallest absolute Gasteiger partial charge is 0.243 e. The number of carbonyl (C=O) groups excluding carboxylic acids is 1. The fraction of sp³-hybridized carbons (Fsp3) is 0.222. The van der Waals surface area contributed by atoms with E-state index in [1.54, 1.807) is 19.2 Å². The van der Waals surface area contributed by atoms with Gasteiger partial charge in [0.25, 0.3) is 0 Å². The molecule has 0 bridgehead atoms. The molecule has 1 amide bonds. The molecule has 0 spiro atoms. The summed E-state index contributed by atoms with van der Waals surface area (Å²) in [5, 5.41) is 8.49. The molecule has 0 aliphatic rings. The zero-order valence-electron chi connectivity index (χ0n) is 13.9. The van der Waals surface area contributed by atoms with Crippen LogP contribution in [0.1, 0.15) is 5.56 Å². The van der Waals surface area contributed by atoms with Crippen LogP contribution in [-0.2, 0) is 11.2 Å². The van der Waals surface area contributed by atoms with Crippen molar-refractivity contribution in [2.75, 3.05) is 25.5 Å². The lowest BCUT2D eigenvalue weighted by Crippen LogP contribution is -2.42. The lowest BCUT2D eigenvalue weighted by molar-refractivity contribution is -0.115. The Hall–Kier alpha value is -2.96. The molecule has 0 fully saturated rings. The molecule has 5 nitrogen and oxygen atoms in total. The van der Waals surface area contributed by atoms with E-state index in [0.29, 0.717) is 24.6 Å². The standard InChI is InChI=1S/C18H20F2N4O/c1-21-18(22-9-8-13-4-2-5-14(19)10-13)23-12-17(25)24-16-7-3-6-15(20)11-16/h2-7,10-11H,8-9,12H2,1H3,(H,24,25)(H2,21,22,23). The summed E-state index contributed by atoms with van der Waals surface area (Å²) in [6.07, 6.45) is 0.619. The van der Waals surface area contributed by atoms with Crippen LogP contribution in [0.25, 0.3) is 0 Å². The third-order valence-electron chi connectivity index (χ3n) is 3.34. The fourth-order valence-electron chi connectivity index (χ4n) is 2.17. The summed E-state index contributed by atoms with van der Waals surface area (Å²) in [7, 11) is 1.59. The molecular weight excluding hydrogens is 326 g/mol. The fourth-order valence-corrected chi connectivity index (χ4v) is 2.17. The Balaban J connectivity index is 1.73. The molecule has 0 aliphatic carbocycles. The lowest BCUT2D eigenvalue weighted by atomic mass is 10.1. The van der Waals surface area contributed by atoms with Gasteiger partial charge in [0.1, 0.15) is 11.6 Å². The van der Waals surface area contributed by atoms with E-state index < -0.39 is 5.82 Å². The van der Waals surface area contributed by atoms with Crippen molar-refractivity contribution in [3.63, 3.8) is 0 Å². The first kappa shape index (κ1) is 18.4. The minimum absolute atomic E-state index is 0.0177. The Labute approximate surface area is 145 Å². The molecule has 25 heavy (non-hydrogen) atoms. The summed E-state index contributed by atoms with van der Waals surface area (Å²) in [6.45, 7) is 0.519. The van der Waals surface area contributed by atoms with Crippen LogP contribution < -0.4 is 16.0 Å². The van der Waals surface area contributed by atoms with Crippen LogP contribution in [0.5, 0.6) is 0 Å². The van der Waals surface area contributed by atoms with E-state index in [-0.39, 0.29) is 18.3 Å². The molecule has 0 heterocycles. The zero-order valence-corrected chi connectivity index (χ0v) is 13.9. The predicted octanol–water partition coefficient (Wildman–Crippen LogP) is 2.31. The molecule has 7 heteroatoms. The number of rotatable bonds is 6. The molecule has 3 N–H and O–H groups in total. The van der Waals surface area contributed by atoms with E-state index in [0.717, 1.165) is 5.56 Å². The van der Waals surface area contributed by atoms with Crippen molar-refractivity contribution in [2.24, 2.45) is 4.99 Å². The normalized spacial score (nSPS) is 11.1. The molecule has 0 aromatic heterocycles. The first-order chi connectivity index (χ1) is 12.1. The van der Waals surface area contributed by atoms with Gasteiger partial charge >= 0.3 is 0 Å². The van der Waals surface area contributed by atoms with Crippen molar-refractivity contribution in [3.8, 4) is 0 Å². The van der Waals surface area contributed by atoms with Crippen LogP contribution in [-0.4, -0.2) is 32.0 Å². The Morgan fingerprint density at radius 3 is 2.44 bits per heavy atom. The molecule has 0 unspecified atom stereocenters. The van der Waals surface area contributed by atoms with Gasteiger partial charge in [-0.25, -0.2) is 8.78 Å². The van der Waals surface area contributed by atoms with Gasteiger partial charge in [-0.15, -0.1) is 0 Å². The molecule has 2 rings (SSSR count). The highest BCUT2D eigenvalue weighted by Gasteiger charge is 2.05. The van der Waals surface area contributed by atoms with E-state index in [1.807, 2.05) is 6.07 Å². The summed E-state index contributed by atoms with van der Waals surface area (Å²) in [6, 6.07) is 12.0. The van der Waals surface area contributed by atoms with Crippen molar-refractivity contribution in [1.29, 1.82) is 0 Å². The molecule has 2 aromatic rings. The minimum atomic E-state index is -0.416. The number of benzene rings is 2. The van der Waals surface area contributed by atoms with Gasteiger partial charge in [-0.3, -0.25) is 9.79 Å². The highest BCUT2D eigenvalue weighted by Crippen LogP contribution is 2.08. The number of nitrogens with one attached hydrogen (secondary N) is 3. The Morgan fingerprint density at radius 1 is 1.04 bits per heavy atom. The Bertz CT molecular complexity index is 749. The largest absolute Gasteiger partial charge is 0.356 e. The quantitative estimate of drug-likeness (QED) is 0.555. The number of nitrogens with zero attached hydrogens (tertiary/aromatic N) is 1. The van der Waals surface area contributed by atoms with E-state index in [2.05, 4.69) is 20.9 Å². The average molecular weight is 346 g/mol. The van der Waals surface area contributed by atoms with Crippen LogP contribution in [0.15, 0.2) is 53.5 Å². The molecule has 0 saturated carbocycles. The van der Waals surface area contributed by atoms with Crippen LogP contribution in [0.4, 0.5) is 14.5 Å². The Kier molecular flexibility index (Phi) is 6.88. The van der Waals surface area contributed by atoms with Crippen molar-refractivity contribution in [3.05, 3.63) is 65.7 Å². The molecule has 2 aromatic carbocycles. The lowest BCUT2D eigenvalue weighted by Gasteiger charge is -2.12. The first-order valence-electron chi connectivity index (χ1n) is 7.81. The van der Waals surface area contributed by atoms with Gasteiger partial charge in [0, 0.05) is 19.3 Å². The topological polar surface area (TPSA) is 65.5 Å². The van der Waals surface area contributed by atoms with Gasteiger partial charge in [-0.1, -0.05) is 18.2 Å². The predicted molar refractivity (Wildman–Crippen MR) is 94.5 cm³/mol. The first-order valence-corrected chi connectivity index (χ1v) is 7.81. The van der Waals surface area contributed by atoms with Crippen LogP contribution in [0.2, 0.25) is 0 Å². The maximum atomic E-state index is 13.1. The van der Waals surface area contributed by atoms with E-state index in [1.165, 1.54) is 30.3 Å². The van der Waals surface area contributed by atoms with Crippen molar-refractivity contribution in [2.45, 2.75) is 6.42 Å². The number of halogens is 2. The Morgan fingerprint density at radius 2 is 1.76 bits per heavy atom. The summed E-state index contributed by atoms with van der Waals surface area (Å²) < 4.78 is 26.2. The molecule has 0 radical (unpaired) electrons. The number of carbonyl (C=O) groups is 1. The third kappa shape index (κ3) is 6.58. The van der Waals surface area contributed by atoms with Gasteiger partial charge in [-0.05, 0) is 42.3 Å². The summed E-state index contributed by atoms with van der Waals surface area (Å²) in [4.78, 5) is 15.9. The highest BCUT2D eigenvalue weighted by atomic mass is 19.1. The number of aliphatic imine (C=N–C) groups is 1. The maximum Gasteiger partial charge on any atom is 0.243 e. The summed E-state index contributed by atoms with van der Waals surface area (Å²) in [5.41, 5.74) is 1.26. The second-order valence-electron chi connectivity index (χ2n) is 5.29. The summed E-state index contributed by atoms with van der Waals surface area (Å²) >= 11 is 0. The number of anilines is 1. The highest BCUT2D eigenvalue weighted by molar-refractivity contribution is 5.94. The van der Waals surface area contributed by atoms with Crippen molar-refractivity contribution < 1.29 is 13.6 Å². The van der Waals surface area contributed by atoms with Gasteiger partial charge < -0.3 is 16.0 Å². The van der Waals surface area contributed by atoms with Gasteiger partial charge in [0.2, 0.25) is 5.91 Å². The molecule has 0 atom stereocenters. The van der Waals surface area contributed by atoms with Crippen molar-refractivity contribution >= 4 is 17.6 Å². The number of hydrogen-bond donors (Lipinski definition) is 3.